The third-order valence-corrected chi connectivity index (χ3v) is 2.44. The lowest BCUT2D eigenvalue weighted by molar-refractivity contribution is -0.385. The first-order valence-corrected chi connectivity index (χ1v) is 5.53. The van der Waals surface area contributed by atoms with Crippen LogP contribution in [0.1, 0.15) is 0 Å². The highest BCUT2D eigenvalue weighted by Crippen LogP contribution is 2.33. The normalized spacial score (nSPS) is 10.0. The predicted octanol–water partition coefficient (Wildman–Crippen LogP) is 2.72. The molecule has 1 aromatic heterocycles. The van der Waals surface area contributed by atoms with Crippen LogP contribution in [0.25, 0.3) is 0 Å². The molecule has 0 radical (unpaired) electrons. The summed E-state index contributed by atoms with van der Waals surface area (Å²) in [6.45, 7) is 0. The van der Waals surface area contributed by atoms with Crippen molar-refractivity contribution in [1.82, 2.24) is 4.98 Å². The molecular weight excluding hydrogens is 272 g/mol. The Bertz CT molecular complexity index is 621. The summed E-state index contributed by atoms with van der Waals surface area (Å²) in [5, 5.41) is 11.2. The van der Waals surface area contributed by atoms with Gasteiger partial charge in [-0.2, -0.15) is 4.98 Å². The summed E-state index contributed by atoms with van der Waals surface area (Å²) in [6, 6.07) is 8.85. The van der Waals surface area contributed by atoms with E-state index in [0.717, 1.165) is 0 Å². The van der Waals surface area contributed by atoms with Crippen LogP contribution < -0.4 is 16.0 Å². The lowest BCUT2D eigenvalue weighted by atomic mass is 10.3. The number of benzene rings is 1. The van der Waals surface area contributed by atoms with Gasteiger partial charge in [0.15, 0.2) is 0 Å². The van der Waals surface area contributed by atoms with Crippen molar-refractivity contribution >= 4 is 23.1 Å². The molecule has 2 rings (SSSR count). The van der Waals surface area contributed by atoms with Crippen molar-refractivity contribution in [2.75, 3.05) is 5.43 Å². The van der Waals surface area contributed by atoms with Gasteiger partial charge in [0.2, 0.25) is 11.6 Å². The highest BCUT2D eigenvalue weighted by Gasteiger charge is 2.16. The molecule has 0 atom stereocenters. The zero-order valence-corrected chi connectivity index (χ0v) is 10.3. The molecule has 0 bridgehead atoms. The van der Waals surface area contributed by atoms with Crippen molar-refractivity contribution in [3.05, 3.63) is 51.5 Å². The van der Waals surface area contributed by atoms with E-state index in [2.05, 4.69) is 10.4 Å². The fourth-order valence-electron chi connectivity index (χ4n) is 1.39. The van der Waals surface area contributed by atoms with Gasteiger partial charge in [0, 0.05) is 23.2 Å². The van der Waals surface area contributed by atoms with Gasteiger partial charge in [-0.05, 0) is 12.1 Å². The van der Waals surface area contributed by atoms with E-state index < -0.39 is 4.92 Å². The van der Waals surface area contributed by atoms with Gasteiger partial charge in [-0.3, -0.25) is 10.1 Å². The van der Waals surface area contributed by atoms with Gasteiger partial charge in [0.25, 0.3) is 0 Å². The van der Waals surface area contributed by atoms with Crippen molar-refractivity contribution in [2.45, 2.75) is 0 Å². The average molecular weight is 281 g/mol. The Labute approximate surface area is 113 Å². The number of rotatable bonds is 4. The molecule has 0 spiro atoms. The minimum atomic E-state index is -0.559. The van der Waals surface area contributed by atoms with Crippen LogP contribution in [-0.4, -0.2) is 9.91 Å². The van der Waals surface area contributed by atoms with Gasteiger partial charge in [-0.25, -0.2) is 5.84 Å². The molecular formula is C11H9ClN4O3. The number of hydrogen-bond donors (Lipinski definition) is 2. The van der Waals surface area contributed by atoms with Crippen molar-refractivity contribution < 1.29 is 9.66 Å². The Morgan fingerprint density at radius 1 is 1.37 bits per heavy atom. The maximum absolute atomic E-state index is 10.9. The molecule has 7 nitrogen and oxygen atoms in total. The van der Waals surface area contributed by atoms with E-state index in [9.17, 15) is 10.1 Å². The van der Waals surface area contributed by atoms with E-state index in [0.29, 0.717) is 10.8 Å². The van der Waals surface area contributed by atoms with Crippen molar-refractivity contribution in [3.8, 4) is 11.6 Å². The molecule has 8 heteroatoms. The second-order valence-electron chi connectivity index (χ2n) is 3.48. The molecule has 0 aliphatic rings. The number of ether oxygens (including phenoxy) is 1. The van der Waals surface area contributed by atoms with Crippen LogP contribution in [0.15, 0.2) is 36.4 Å². The number of hydrazine groups is 1. The third kappa shape index (κ3) is 3.09. The molecule has 0 aliphatic carbocycles. The van der Waals surface area contributed by atoms with Gasteiger partial charge in [-0.1, -0.05) is 17.7 Å². The number of aromatic nitrogens is 1. The Hall–Kier alpha value is -2.38. The van der Waals surface area contributed by atoms with Crippen LogP contribution in [0.3, 0.4) is 0 Å². The molecule has 0 amide bonds. The van der Waals surface area contributed by atoms with Crippen molar-refractivity contribution in [2.24, 2.45) is 5.84 Å². The summed E-state index contributed by atoms with van der Waals surface area (Å²) in [5.41, 5.74) is 2.15. The maximum Gasteiger partial charge on any atom is 0.311 e. The Morgan fingerprint density at radius 2 is 2.16 bits per heavy atom. The highest BCUT2D eigenvalue weighted by molar-refractivity contribution is 6.30. The first-order valence-electron chi connectivity index (χ1n) is 5.15. The number of nitro groups is 1. The van der Waals surface area contributed by atoms with E-state index >= 15 is 0 Å². The zero-order chi connectivity index (χ0) is 13.8. The summed E-state index contributed by atoms with van der Waals surface area (Å²) < 4.78 is 5.36. The first-order chi connectivity index (χ1) is 9.10. The lowest BCUT2D eigenvalue weighted by Crippen LogP contribution is -2.08. The van der Waals surface area contributed by atoms with Crippen LogP contribution >= 0.6 is 11.6 Å². The van der Waals surface area contributed by atoms with Crippen molar-refractivity contribution in [1.29, 1.82) is 0 Å². The van der Waals surface area contributed by atoms with Gasteiger partial charge in [0.05, 0.1) is 4.92 Å². The number of halogens is 1. The van der Waals surface area contributed by atoms with Gasteiger partial charge < -0.3 is 10.2 Å². The molecule has 0 saturated heterocycles. The summed E-state index contributed by atoms with van der Waals surface area (Å²) >= 11 is 5.79. The molecule has 98 valence electrons. The number of nitrogen functional groups attached to an aromatic ring is 1. The van der Waals surface area contributed by atoms with Crippen LogP contribution in [-0.2, 0) is 0 Å². The van der Waals surface area contributed by atoms with E-state index in [1.165, 1.54) is 18.2 Å². The molecule has 0 aliphatic heterocycles. The minimum Gasteiger partial charge on any atom is -0.432 e. The number of nitrogens with two attached hydrogens (primary N) is 1. The number of anilines is 1. The second kappa shape index (κ2) is 5.51. The SMILES string of the molecule is NNc1cccc(Oc2cc(Cl)ccc2[N+](=O)[O-])n1. The largest absolute Gasteiger partial charge is 0.432 e. The molecule has 0 saturated carbocycles. The highest BCUT2D eigenvalue weighted by atomic mass is 35.5. The topological polar surface area (TPSA) is 103 Å². The van der Waals surface area contributed by atoms with E-state index in [-0.39, 0.29) is 17.3 Å². The molecule has 2 aromatic rings. The first kappa shape index (κ1) is 13.1. The number of hydrogen-bond acceptors (Lipinski definition) is 6. The number of nitro benzene ring substituents is 1. The Balaban J connectivity index is 2.36. The molecule has 1 heterocycles. The van der Waals surface area contributed by atoms with Crippen molar-refractivity contribution in [3.63, 3.8) is 0 Å². The monoisotopic (exact) mass is 280 g/mol. The number of nitrogens with one attached hydrogen (secondary N) is 1. The van der Waals surface area contributed by atoms with Crippen LogP contribution in [0.4, 0.5) is 11.5 Å². The van der Waals surface area contributed by atoms with Gasteiger partial charge in [-0.15, -0.1) is 0 Å². The average Bonchev–Trinajstić information content (AvgIpc) is 2.38. The minimum absolute atomic E-state index is 0.0131. The Kier molecular flexibility index (Phi) is 3.79. The molecule has 19 heavy (non-hydrogen) atoms. The van der Waals surface area contributed by atoms with Crippen LogP contribution in [0.5, 0.6) is 11.6 Å². The fourth-order valence-corrected chi connectivity index (χ4v) is 1.55. The summed E-state index contributed by atoms with van der Waals surface area (Å²) in [4.78, 5) is 14.3. The second-order valence-corrected chi connectivity index (χ2v) is 3.91. The predicted molar refractivity (Wildman–Crippen MR) is 70.2 cm³/mol. The fraction of sp³-hybridized carbons (Fsp3) is 0. The Morgan fingerprint density at radius 3 is 2.84 bits per heavy atom. The molecule has 1 aromatic carbocycles. The van der Waals surface area contributed by atoms with E-state index in [1.807, 2.05) is 0 Å². The zero-order valence-electron chi connectivity index (χ0n) is 9.54. The number of pyridine rings is 1. The summed E-state index contributed by atoms with van der Waals surface area (Å²) in [6.07, 6.45) is 0. The standard InChI is InChI=1S/C11H9ClN4O3/c12-7-4-5-8(16(17)18)9(6-7)19-11-3-1-2-10(14-11)15-13/h1-6H,13H2,(H,14,15). The van der Waals surface area contributed by atoms with E-state index in [1.54, 1.807) is 18.2 Å². The number of nitrogens with zero attached hydrogens (tertiary/aromatic N) is 2. The van der Waals surface area contributed by atoms with Crippen LogP contribution in [0, 0.1) is 10.1 Å². The van der Waals surface area contributed by atoms with Crippen LogP contribution in [0.2, 0.25) is 5.02 Å². The third-order valence-electron chi connectivity index (χ3n) is 2.20. The smallest absolute Gasteiger partial charge is 0.311 e. The molecule has 3 N–H and O–H groups in total. The molecule has 0 fully saturated rings. The quantitative estimate of drug-likeness (QED) is 0.507. The van der Waals surface area contributed by atoms with E-state index in [4.69, 9.17) is 22.2 Å². The summed E-state index contributed by atoms with van der Waals surface area (Å²) in [5.74, 6) is 5.77. The maximum atomic E-state index is 10.9. The van der Waals surface area contributed by atoms with Gasteiger partial charge >= 0.3 is 5.69 Å². The summed E-state index contributed by atoms with van der Waals surface area (Å²) in [7, 11) is 0. The lowest BCUT2D eigenvalue weighted by Gasteiger charge is -2.07. The van der Waals surface area contributed by atoms with Gasteiger partial charge in [0.1, 0.15) is 5.82 Å². The molecule has 0 unspecified atom stereocenters.